The Hall–Kier alpha value is -1.51. The lowest BCUT2D eigenvalue weighted by Crippen LogP contribution is -2.30. The van der Waals surface area contributed by atoms with Crippen molar-refractivity contribution >= 4 is 15.7 Å². The summed E-state index contributed by atoms with van der Waals surface area (Å²) in [5, 5.41) is 19.3. The maximum absolute atomic E-state index is 11.6. The molecule has 0 saturated heterocycles. The number of aliphatic hydroxyl groups is 1. The second-order valence-corrected chi connectivity index (χ2v) is 5.22. The van der Waals surface area contributed by atoms with Gasteiger partial charge in [-0.2, -0.15) is 0 Å². The van der Waals surface area contributed by atoms with Crippen LogP contribution in [0.4, 0.5) is 5.69 Å². The summed E-state index contributed by atoms with van der Waals surface area (Å²) in [5.41, 5.74) is -0.181. The molecule has 1 rings (SSSR count). The van der Waals surface area contributed by atoms with Crippen LogP contribution in [0.25, 0.3) is 0 Å². The highest BCUT2D eigenvalue weighted by Gasteiger charge is 2.15. The Balaban J connectivity index is 2.89. The molecular weight excluding hydrogens is 248 g/mol. The minimum Gasteiger partial charge on any atom is -0.392 e. The minimum absolute atomic E-state index is 0.0799. The maximum Gasteiger partial charge on any atom is 0.269 e. The summed E-state index contributed by atoms with van der Waals surface area (Å²) < 4.78 is 25.4. The second-order valence-electron chi connectivity index (χ2n) is 3.45. The summed E-state index contributed by atoms with van der Waals surface area (Å²) in [7, 11) is -3.73. The van der Waals surface area contributed by atoms with E-state index < -0.39 is 21.1 Å². The molecule has 0 radical (unpaired) electrons. The topological polar surface area (TPSA) is 110 Å². The van der Waals surface area contributed by atoms with Gasteiger partial charge in [-0.3, -0.25) is 10.1 Å². The van der Waals surface area contributed by atoms with Crippen LogP contribution in [0.2, 0.25) is 0 Å². The first-order valence-electron chi connectivity index (χ1n) is 4.75. The molecule has 1 aromatic rings. The number of aliphatic hydroxyl groups excluding tert-OH is 1. The molecule has 0 bridgehead atoms. The second kappa shape index (κ2) is 5.21. The van der Waals surface area contributed by atoms with E-state index in [0.29, 0.717) is 0 Å². The summed E-state index contributed by atoms with van der Waals surface area (Å²) in [5.74, 6) is 0. The Kier molecular flexibility index (Phi) is 4.16. The first-order valence-corrected chi connectivity index (χ1v) is 6.23. The first-order chi connectivity index (χ1) is 7.83. The molecule has 8 heteroatoms. The van der Waals surface area contributed by atoms with Crippen molar-refractivity contribution < 1.29 is 18.4 Å². The lowest BCUT2D eigenvalue weighted by atomic mass is 10.3. The number of hydrogen-bond acceptors (Lipinski definition) is 5. The van der Waals surface area contributed by atoms with Crippen LogP contribution >= 0.6 is 0 Å². The number of hydrogen-bond donors (Lipinski definition) is 2. The number of non-ortho nitro benzene ring substituents is 1. The van der Waals surface area contributed by atoms with Crippen LogP contribution in [0.5, 0.6) is 0 Å². The summed E-state index contributed by atoms with van der Waals surface area (Å²) >= 11 is 0. The van der Waals surface area contributed by atoms with Crippen molar-refractivity contribution in [3.63, 3.8) is 0 Å². The Morgan fingerprint density at radius 3 is 2.35 bits per heavy atom. The number of nitrogens with one attached hydrogen (secondary N) is 1. The predicted octanol–water partition coefficient (Wildman–Crippen LogP) is 0.254. The van der Waals surface area contributed by atoms with Gasteiger partial charge in [-0.25, -0.2) is 13.1 Å². The van der Waals surface area contributed by atoms with Gasteiger partial charge in [-0.1, -0.05) is 0 Å². The lowest BCUT2D eigenvalue weighted by molar-refractivity contribution is -0.384. The van der Waals surface area contributed by atoms with Crippen LogP contribution in [0.1, 0.15) is 6.92 Å². The van der Waals surface area contributed by atoms with E-state index in [0.717, 1.165) is 24.3 Å². The number of nitro benzene ring substituents is 1. The maximum atomic E-state index is 11.6. The minimum atomic E-state index is -3.73. The molecule has 0 aliphatic heterocycles. The van der Waals surface area contributed by atoms with Gasteiger partial charge in [0.1, 0.15) is 0 Å². The number of rotatable bonds is 5. The van der Waals surface area contributed by atoms with Crippen LogP contribution in [0.3, 0.4) is 0 Å². The van der Waals surface area contributed by atoms with Gasteiger partial charge in [0.05, 0.1) is 15.9 Å². The molecule has 0 heterocycles. The molecular formula is C9H12N2O5S. The van der Waals surface area contributed by atoms with Crippen LogP contribution in [-0.4, -0.2) is 31.1 Å². The monoisotopic (exact) mass is 260 g/mol. The third-order valence-corrected chi connectivity index (χ3v) is 3.37. The molecule has 0 saturated carbocycles. The molecule has 94 valence electrons. The van der Waals surface area contributed by atoms with Crippen LogP contribution in [0, 0.1) is 10.1 Å². The van der Waals surface area contributed by atoms with Crippen molar-refractivity contribution in [2.45, 2.75) is 17.9 Å². The molecule has 1 aromatic carbocycles. The highest BCUT2D eigenvalue weighted by Crippen LogP contribution is 2.15. The van der Waals surface area contributed by atoms with Crippen molar-refractivity contribution in [3.8, 4) is 0 Å². The molecule has 0 fully saturated rings. The van der Waals surface area contributed by atoms with Crippen LogP contribution in [-0.2, 0) is 10.0 Å². The summed E-state index contributed by atoms with van der Waals surface area (Å²) in [6.45, 7) is 1.33. The van der Waals surface area contributed by atoms with E-state index in [1.54, 1.807) is 0 Å². The smallest absolute Gasteiger partial charge is 0.269 e. The Morgan fingerprint density at radius 1 is 1.41 bits per heavy atom. The molecule has 17 heavy (non-hydrogen) atoms. The van der Waals surface area contributed by atoms with Crippen LogP contribution < -0.4 is 4.72 Å². The van der Waals surface area contributed by atoms with Gasteiger partial charge in [-0.15, -0.1) is 0 Å². The third-order valence-electron chi connectivity index (χ3n) is 1.93. The number of sulfonamides is 1. The summed E-state index contributed by atoms with van der Waals surface area (Å²) in [6, 6.07) is 4.50. The summed E-state index contributed by atoms with van der Waals surface area (Å²) in [4.78, 5) is 9.69. The largest absolute Gasteiger partial charge is 0.392 e. The van der Waals surface area contributed by atoms with E-state index in [1.807, 2.05) is 0 Å². The number of benzene rings is 1. The summed E-state index contributed by atoms with van der Waals surface area (Å²) in [6.07, 6.45) is -0.803. The molecule has 0 aliphatic rings. The van der Waals surface area contributed by atoms with Gasteiger partial charge in [0.2, 0.25) is 10.0 Å². The van der Waals surface area contributed by atoms with Crippen molar-refractivity contribution in [2.75, 3.05) is 6.54 Å². The molecule has 1 unspecified atom stereocenters. The highest BCUT2D eigenvalue weighted by atomic mass is 32.2. The van der Waals surface area contributed by atoms with E-state index in [2.05, 4.69) is 4.72 Å². The zero-order valence-electron chi connectivity index (χ0n) is 9.03. The van der Waals surface area contributed by atoms with E-state index in [-0.39, 0.29) is 17.1 Å². The fourth-order valence-electron chi connectivity index (χ4n) is 1.06. The van der Waals surface area contributed by atoms with Crippen molar-refractivity contribution in [2.24, 2.45) is 0 Å². The van der Waals surface area contributed by atoms with Gasteiger partial charge in [0.15, 0.2) is 0 Å². The van der Waals surface area contributed by atoms with Crippen molar-refractivity contribution in [1.82, 2.24) is 4.72 Å². The van der Waals surface area contributed by atoms with E-state index in [1.165, 1.54) is 6.92 Å². The highest BCUT2D eigenvalue weighted by molar-refractivity contribution is 7.89. The normalized spacial score (nSPS) is 13.3. The molecule has 2 N–H and O–H groups in total. The molecule has 0 spiro atoms. The number of nitrogens with zero attached hydrogens (tertiary/aromatic N) is 1. The fourth-order valence-corrected chi connectivity index (χ4v) is 2.18. The quantitative estimate of drug-likeness (QED) is 0.582. The van der Waals surface area contributed by atoms with Gasteiger partial charge in [0, 0.05) is 18.7 Å². The van der Waals surface area contributed by atoms with Gasteiger partial charge in [-0.05, 0) is 19.1 Å². The third kappa shape index (κ3) is 3.77. The Labute approximate surface area is 98.3 Å². The molecule has 0 aromatic heterocycles. The molecule has 1 atom stereocenters. The predicted molar refractivity (Wildman–Crippen MR) is 60.0 cm³/mol. The Bertz CT molecular complexity index is 495. The van der Waals surface area contributed by atoms with E-state index in [4.69, 9.17) is 5.11 Å². The standard InChI is InChI=1S/C9H12N2O5S/c1-7(12)6-10-17(15,16)9-4-2-8(3-5-9)11(13)14/h2-5,7,10,12H,6H2,1H3. The SMILES string of the molecule is CC(O)CNS(=O)(=O)c1ccc([N+](=O)[O-])cc1. The lowest BCUT2D eigenvalue weighted by Gasteiger charge is -2.07. The number of nitro groups is 1. The van der Waals surface area contributed by atoms with Crippen molar-refractivity contribution in [3.05, 3.63) is 34.4 Å². The Morgan fingerprint density at radius 2 is 1.94 bits per heavy atom. The van der Waals surface area contributed by atoms with Crippen LogP contribution in [0.15, 0.2) is 29.2 Å². The van der Waals surface area contributed by atoms with Gasteiger partial charge >= 0.3 is 0 Å². The average molecular weight is 260 g/mol. The fraction of sp³-hybridized carbons (Fsp3) is 0.333. The van der Waals surface area contributed by atoms with Gasteiger partial charge in [0.25, 0.3) is 5.69 Å². The van der Waals surface area contributed by atoms with Gasteiger partial charge < -0.3 is 5.11 Å². The zero-order valence-corrected chi connectivity index (χ0v) is 9.85. The molecule has 0 aliphatic carbocycles. The molecule has 0 amide bonds. The molecule has 7 nitrogen and oxygen atoms in total. The van der Waals surface area contributed by atoms with Crippen molar-refractivity contribution in [1.29, 1.82) is 0 Å². The van der Waals surface area contributed by atoms with E-state index >= 15 is 0 Å². The van der Waals surface area contributed by atoms with E-state index in [9.17, 15) is 18.5 Å². The zero-order chi connectivity index (χ0) is 13.1. The average Bonchev–Trinajstić information content (AvgIpc) is 2.27. The first kappa shape index (κ1) is 13.6.